The monoisotopic (exact) mass is 348 g/mol. The van der Waals surface area contributed by atoms with E-state index in [0.717, 1.165) is 31.6 Å². The summed E-state index contributed by atoms with van der Waals surface area (Å²) in [6, 6.07) is 7.43. The van der Waals surface area contributed by atoms with Gasteiger partial charge in [0.2, 0.25) is 0 Å². The van der Waals surface area contributed by atoms with Crippen LogP contribution >= 0.6 is 0 Å². The molecule has 0 saturated carbocycles. The Morgan fingerprint density at radius 2 is 2.15 bits per heavy atom. The Balaban J connectivity index is 1.42. The molecule has 0 aliphatic carbocycles. The molecular formula is C20H20N4O2. The third kappa shape index (κ3) is 3.65. The lowest BCUT2D eigenvalue weighted by molar-refractivity contribution is 0.0923. The first kappa shape index (κ1) is 16.5. The van der Waals surface area contributed by atoms with Crippen LogP contribution in [-0.2, 0) is 26.1 Å². The molecule has 0 unspecified atom stereocenters. The van der Waals surface area contributed by atoms with Gasteiger partial charge in [-0.05, 0) is 46.9 Å². The molecule has 1 amide bonds. The Morgan fingerprint density at radius 3 is 2.96 bits per heavy atom. The van der Waals surface area contributed by atoms with Crippen molar-refractivity contribution >= 4 is 5.91 Å². The molecule has 4 heterocycles. The fourth-order valence-corrected chi connectivity index (χ4v) is 3.33. The van der Waals surface area contributed by atoms with Gasteiger partial charge in [-0.2, -0.15) is 0 Å². The van der Waals surface area contributed by atoms with E-state index in [1.54, 1.807) is 18.3 Å². The molecule has 3 aromatic rings. The summed E-state index contributed by atoms with van der Waals surface area (Å²) < 4.78 is 5.13. The van der Waals surface area contributed by atoms with E-state index in [0.29, 0.717) is 12.3 Å². The van der Waals surface area contributed by atoms with Crippen molar-refractivity contribution in [2.75, 3.05) is 6.54 Å². The first-order chi connectivity index (χ1) is 12.8. The highest BCUT2D eigenvalue weighted by atomic mass is 16.3. The highest BCUT2D eigenvalue weighted by molar-refractivity contribution is 5.91. The minimum atomic E-state index is -0.207. The van der Waals surface area contributed by atoms with Crippen molar-refractivity contribution in [2.45, 2.75) is 26.1 Å². The summed E-state index contributed by atoms with van der Waals surface area (Å²) in [5.41, 5.74) is 4.81. The lowest BCUT2D eigenvalue weighted by Gasteiger charge is -2.29. The van der Waals surface area contributed by atoms with Crippen LogP contribution in [0.25, 0.3) is 0 Å². The number of furan rings is 1. The van der Waals surface area contributed by atoms with E-state index in [1.165, 1.54) is 23.0 Å². The van der Waals surface area contributed by atoms with Crippen molar-refractivity contribution in [2.24, 2.45) is 0 Å². The number of nitrogens with one attached hydrogen (secondary N) is 1. The smallest absolute Gasteiger partial charge is 0.287 e. The van der Waals surface area contributed by atoms with Crippen LogP contribution in [0.15, 0.2) is 59.7 Å². The van der Waals surface area contributed by atoms with Gasteiger partial charge in [-0.15, -0.1) is 0 Å². The summed E-state index contributed by atoms with van der Waals surface area (Å²) in [7, 11) is 0. The van der Waals surface area contributed by atoms with Gasteiger partial charge in [0.25, 0.3) is 5.91 Å². The van der Waals surface area contributed by atoms with Crippen molar-refractivity contribution in [3.8, 4) is 0 Å². The van der Waals surface area contributed by atoms with E-state index in [-0.39, 0.29) is 5.91 Å². The average Bonchev–Trinajstić information content (AvgIpc) is 3.21. The van der Waals surface area contributed by atoms with E-state index in [2.05, 4.69) is 26.3 Å². The highest BCUT2D eigenvalue weighted by Gasteiger charge is 2.20. The summed E-state index contributed by atoms with van der Waals surface area (Å²) in [6.45, 7) is 3.17. The van der Waals surface area contributed by atoms with Crippen LogP contribution in [0.4, 0.5) is 0 Å². The van der Waals surface area contributed by atoms with Gasteiger partial charge in [0.1, 0.15) is 0 Å². The molecule has 0 atom stereocenters. The van der Waals surface area contributed by atoms with Crippen molar-refractivity contribution in [3.63, 3.8) is 0 Å². The number of carbonyl (C=O) groups excluding carboxylic acids is 1. The van der Waals surface area contributed by atoms with Gasteiger partial charge in [-0.3, -0.25) is 19.7 Å². The molecule has 0 bridgehead atoms. The molecule has 1 aliphatic rings. The quantitative estimate of drug-likeness (QED) is 0.767. The average molecular weight is 348 g/mol. The normalized spacial score (nSPS) is 14.0. The van der Waals surface area contributed by atoms with Crippen molar-refractivity contribution in [1.82, 2.24) is 20.2 Å². The zero-order chi connectivity index (χ0) is 17.8. The molecule has 0 saturated heterocycles. The van der Waals surface area contributed by atoms with Crippen LogP contribution in [0.1, 0.15) is 32.8 Å². The van der Waals surface area contributed by atoms with Crippen LogP contribution < -0.4 is 5.32 Å². The molecule has 4 rings (SSSR count). The van der Waals surface area contributed by atoms with Crippen LogP contribution in [0.5, 0.6) is 0 Å². The fraction of sp³-hybridized carbons (Fsp3) is 0.250. The third-order valence-electron chi connectivity index (χ3n) is 4.62. The molecule has 0 radical (unpaired) electrons. The molecule has 6 heteroatoms. The Hall–Kier alpha value is -2.99. The minimum Gasteiger partial charge on any atom is -0.459 e. The van der Waals surface area contributed by atoms with Gasteiger partial charge in [-0.1, -0.05) is 6.07 Å². The van der Waals surface area contributed by atoms with Crippen LogP contribution in [-0.4, -0.2) is 27.3 Å². The van der Waals surface area contributed by atoms with Crippen molar-refractivity contribution < 1.29 is 9.21 Å². The SMILES string of the molecule is O=C(NCc1cncc2c1CCN(Cc1cccnc1)C2)c1ccco1. The predicted octanol–water partition coefficient (Wildman–Crippen LogP) is 2.56. The largest absolute Gasteiger partial charge is 0.459 e. The van der Waals surface area contributed by atoms with Crippen LogP contribution in [0.3, 0.4) is 0 Å². The zero-order valence-corrected chi connectivity index (χ0v) is 14.4. The molecule has 0 spiro atoms. The van der Waals surface area contributed by atoms with Gasteiger partial charge in [0.05, 0.1) is 6.26 Å². The predicted molar refractivity (Wildman–Crippen MR) is 96.2 cm³/mol. The molecule has 1 N–H and O–H groups in total. The second kappa shape index (κ2) is 7.49. The van der Waals surface area contributed by atoms with Gasteiger partial charge < -0.3 is 9.73 Å². The number of hydrogen-bond donors (Lipinski definition) is 1. The summed E-state index contributed by atoms with van der Waals surface area (Å²) in [6.07, 6.45) is 9.93. The van der Waals surface area contributed by atoms with E-state index in [1.807, 2.05) is 24.7 Å². The summed E-state index contributed by atoms with van der Waals surface area (Å²) in [5.74, 6) is 0.118. The summed E-state index contributed by atoms with van der Waals surface area (Å²) >= 11 is 0. The maximum Gasteiger partial charge on any atom is 0.287 e. The summed E-state index contributed by atoms with van der Waals surface area (Å²) in [5, 5.41) is 2.91. The number of hydrogen-bond acceptors (Lipinski definition) is 5. The van der Waals surface area contributed by atoms with Crippen LogP contribution in [0, 0.1) is 0 Å². The van der Waals surface area contributed by atoms with E-state index >= 15 is 0 Å². The molecule has 26 heavy (non-hydrogen) atoms. The van der Waals surface area contributed by atoms with E-state index in [9.17, 15) is 4.79 Å². The lowest BCUT2D eigenvalue weighted by atomic mass is 9.96. The Morgan fingerprint density at radius 1 is 1.19 bits per heavy atom. The number of pyridine rings is 2. The van der Waals surface area contributed by atoms with E-state index < -0.39 is 0 Å². The number of fused-ring (bicyclic) bond motifs is 1. The van der Waals surface area contributed by atoms with Crippen LogP contribution in [0.2, 0.25) is 0 Å². The minimum absolute atomic E-state index is 0.207. The molecule has 0 fully saturated rings. The maximum absolute atomic E-state index is 12.1. The molecule has 132 valence electrons. The Kier molecular flexibility index (Phi) is 4.75. The van der Waals surface area contributed by atoms with Crippen molar-refractivity contribution in [3.05, 3.63) is 83.3 Å². The molecule has 6 nitrogen and oxygen atoms in total. The second-order valence-corrected chi connectivity index (χ2v) is 6.42. The zero-order valence-electron chi connectivity index (χ0n) is 14.4. The van der Waals surface area contributed by atoms with Gasteiger partial charge in [0.15, 0.2) is 5.76 Å². The van der Waals surface area contributed by atoms with Gasteiger partial charge in [-0.25, -0.2) is 0 Å². The number of aromatic nitrogens is 2. The number of carbonyl (C=O) groups is 1. The van der Waals surface area contributed by atoms with Crippen molar-refractivity contribution in [1.29, 1.82) is 0 Å². The maximum atomic E-state index is 12.1. The molecule has 1 aliphatic heterocycles. The second-order valence-electron chi connectivity index (χ2n) is 6.42. The molecular weight excluding hydrogens is 328 g/mol. The van der Waals surface area contributed by atoms with E-state index in [4.69, 9.17) is 4.42 Å². The topological polar surface area (TPSA) is 71.3 Å². The first-order valence-electron chi connectivity index (χ1n) is 8.67. The standard InChI is InChI=1S/C20H20N4O2/c25-20(19-4-2-8-26-19)23-12-16-10-22-11-17-14-24(7-5-18(16)17)13-15-3-1-6-21-9-15/h1-4,6,8-11H,5,7,12-14H2,(H,23,25). The van der Waals surface area contributed by atoms with Gasteiger partial charge >= 0.3 is 0 Å². The fourth-order valence-electron chi connectivity index (χ4n) is 3.33. The Labute approximate surface area is 151 Å². The third-order valence-corrected chi connectivity index (χ3v) is 4.62. The van der Waals surface area contributed by atoms with Gasteiger partial charge in [0, 0.05) is 51.0 Å². The molecule has 0 aromatic carbocycles. The number of amides is 1. The Bertz CT molecular complexity index is 878. The summed E-state index contributed by atoms with van der Waals surface area (Å²) in [4.78, 5) is 23.0. The molecule has 3 aromatic heterocycles. The first-order valence-corrected chi connectivity index (χ1v) is 8.67. The number of nitrogens with zero attached hydrogens (tertiary/aromatic N) is 3. The highest BCUT2D eigenvalue weighted by Crippen LogP contribution is 2.23. The number of rotatable bonds is 5. The lowest BCUT2D eigenvalue weighted by Crippen LogP contribution is -2.32.